The number of rotatable bonds is 1. The summed E-state index contributed by atoms with van der Waals surface area (Å²) in [6.45, 7) is 0. The van der Waals surface area contributed by atoms with E-state index in [9.17, 15) is 4.21 Å². The topological polar surface area (TPSA) is 30.0 Å². The third-order valence-electron chi connectivity index (χ3n) is 0.932. The zero-order valence-corrected chi connectivity index (χ0v) is 5.89. The van der Waals surface area contributed by atoms with Gasteiger partial charge in [-0.2, -0.15) is 0 Å². The highest BCUT2D eigenvalue weighted by Gasteiger charge is 1.92. The lowest BCUT2D eigenvalue weighted by Gasteiger charge is -1.89. The van der Waals surface area contributed by atoms with E-state index in [0.29, 0.717) is 5.03 Å². The Morgan fingerprint density at radius 3 is 2.67 bits per heavy atom. The van der Waals surface area contributed by atoms with E-state index >= 15 is 0 Å². The third-order valence-corrected chi connectivity index (χ3v) is 1.76. The van der Waals surface area contributed by atoms with Crippen molar-refractivity contribution in [3.8, 4) is 0 Å². The Kier molecular flexibility index (Phi) is 1.95. The molecule has 9 heavy (non-hydrogen) atoms. The molecule has 0 bridgehead atoms. The predicted molar refractivity (Wildman–Crippen MR) is 36.6 cm³/mol. The first-order valence-corrected chi connectivity index (χ1v) is 4.11. The summed E-state index contributed by atoms with van der Waals surface area (Å²) in [6, 6.07) is 5.37. The molecule has 0 aliphatic heterocycles. The molecule has 1 heterocycles. The first kappa shape index (κ1) is 6.42. The minimum absolute atomic E-state index is 0.637. The SMILES string of the molecule is C[S@@](=O)c1ccccn1. The zero-order valence-electron chi connectivity index (χ0n) is 5.07. The number of pyridine rings is 1. The van der Waals surface area contributed by atoms with Gasteiger partial charge < -0.3 is 0 Å². The van der Waals surface area contributed by atoms with Crippen molar-refractivity contribution in [3.05, 3.63) is 24.4 Å². The Labute approximate surface area is 56.4 Å². The summed E-state index contributed by atoms with van der Waals surface area (Å²) in [7, 11) is -0.940. The molecule has 0 unspecified atom stereocenters. The molecule has 0 radical (unpaired) electrons. The average Bonchev–Trinajstić information content (AvgIpc) is 1.90. The van der Waals surface area contributed by atoms with Gasteiger partial charge in [0.05, 0.1) is 10.8 Å². The molecule has 0 aromatic carbocycles. The molecule has 2 nitrogen and oxygen atoms in total. The van der Waals surface area contributed by atoms with Crippen LogP contribution in [-0.4, -0.2) is 15.4 Å². The van der Waals surface area contributed by atoms with E-state index in [0.717, 1.165) is 0 Å². The Morgan fingerprint density at radius 1 is 1.56 bits per heavy atom. The maximum atomic E-state index is 10.7. The van der Waals surface area contributed by atoms with Crippen molar-refractivity contribution in [1.29, 1.82) is 0 Å². The summed E-state index contributed by atoms with van der Waals surface area (Å²) in [5.74, 6) is 0. The highest BCUT2D eigenvalue weighted by molar-refractivity contribution is 7.84. The van der Waals surface area contributed by atoms with Crippen molar-refractivity contribution in [1.82, 2.24) is 4.98 Å². The lowest BCUT2D eigenvalue weighted by Crippen LogP contribution is -1.88. The van der Waals surface area contributed by atoms with E-state index in [1.54, 1.807) is 24.6 Å². The van der Waals surface area contributed by atoms with Crippen molar-refractivity contribution in [3.63, 3.8) is 0 Å². The van der Waals surface area contributed by atoms with Crippen LogP contribution in [0.3, 0.4) is 0 Å². The lowest BCUT2D eigenvalue weighted by molar-refractivity contribution is 0.684. The molecule has 1 aromatic heterocycles. The second-order valence-electron chi connectivity index (χ2n) is 1.62. The molecule has 1 aromatic rings. The van der Waals surface area contributed by atoms with Crippen molar-refractivity contribution in [2.45, 2.75) is 5.03 Å². The quantitative estimate of drug-likeness (QED) is 0.579. The summed E-state index contributed by atoms with van der Waals surface area (Å²) in [4.78, 5) is 3.88. The zero-order chi connectivity index (χ0) is 6.69. The molecule has 0 aliphatic rings. The van der Waals surface area contributed by atoms with E-state index in [1.807, 2.05) is 6.07 Å². The summed E-state index contributed by atoms with van der Waals surface area (Å²) in [5, 5.41) is 0.637. The first-order valence-electron chi connectivity index (χ1n) is 2.55. The van der Waals surface area contributed by atoms with E-state index in [1.165, 1.54) is 0 Å². The molecule has 0 fully saturated rings. The molecule has 0 saturated heterocycles. The Bertz CT molecular complexity index is 210. The van der Waals surface area contributed by atoms with E-state index in [-0.39, 0.29) is 0 Å². The van der Waals surface area contributed by atoms with Crippen LogP contribution in [0.15, 0.2) is 29.4 Å². The number of hydrogen-bond donors (Lipinski definition) is 0. The van der Waals surface area contributed by atoms with Crippen LogP contribution in [0.2, 0.25) is 0 Å². The Hall–Kier alpha value is -0.700. The molecule has 0 aliphatic carbocycles. The average molecular weight is 141 g/mol. The molecule has 1 rings (SSSR count). The second-order valence-corrected chi connectivity index (χ2v) is 2.95. The van der Waals surface area contributed by atoms with Crippen LogP contribution < -0.4 is 0 Å². The minimum atomic E-state index is -0.940. The summed E-state index contributed by atoms with van der Waals surface area (Å²) >= 11 is 0. The number of hydrogen-bond acceptors (Lipinski definition) is 2. The molecular formula is C6H7NOS. The monoisotopic (exact) mass is 141 g/mol. The molecular weight excluding hydrogens is 134 g/mol. The van der Waals surface area contributed by atoms with Gasteiger partial charge in [-0.1, -0.05) is 6.07 Å². The number of nitrogens with zero attached hydrogens (tertiary/aromatic N) is 1. The fourth-order valence-corrected chi connectivity index (χ4v) is 0.997. The predicted octanol–water partition coefficient (Wildman–Crippen LogP) is 0.819. The van der Waals surface area contributed by atoms with Crippen LogP contribution >= 0.6 is 0 Å². The van der Waals surface area contributed by atoms with Crippen LogP contribution in [0.1, 0.15) is 0 Å². The molecule has 48 valence electrons. The normalized spacial score (nSPS) is 13.0. The van der Waals surface area contributed by atoms with Gasteiger partial charge in [0.15, 0.2) is 0 Å². The molecule has 1 atom stereocenters. The smallest absolute Gasteiger partial charge is 0.126 e. The highest BCUT2D eigenvalue weighted by Crippen LogP contribution is 1.96. The second kappa shape index (κ2) is 2.73. The maximum absolute atomic E-state index is 10.7. The molecule has 0 amide bonds. The van der Waals surface area contributed by atoms with Crippen molar-refractivity contribution < 1.29 is 4.21 Å². The highest BCUT2D eigenvalue weighted by atomic mass is 32.2. The third kappa shape index (κ3) is 1.61. The van der Waals surface area contributed by atoms with Crippen molar-refractivity contribution in [2.75, 3.05) is 6.26 Å². The van der Waals surface area contributed by atoms with Gasteiger partial charge in [-0.15, -0.1) is 0 Å². The fourth-order valence-electron chi connectivity index (χ4n) is 0.517. The van der Waals surface area contributed by atoms with Gasteiger partial charge in [-0.3, -0.25) is 4.21 Å². The Morgan fingerprint density at radius 2 is 2.33 bits per heavy atom. The van der Waals surface area contributed by atoms with Crippen LogP contribution in [0.4, 0.5) is 0 Å². The Balaban J connectivity index is 2.98. The molecule has 0 saturated carbocycles. The van der Waals surface area contributed by atoms with Crippen LogP contribution in [0.25, 0.3) is 0 Å². The summed E-state index contributed by atoms with van der Waals surface area (Å²) in [5.41, 5.74) is 0. The van der Waals surface area contributed by atoms with Crippen LogP contribution in [-0.2, 0) is 10.8 Å². The van der Waals surface area contributed by atoms with Gasteiger partial charge in [0.25, 0.3) is 0 Å². The fraction of sp³-hybridized carbons (Fsp3) is 0.167. The van der Waals surface area contributed by atoms with E-state index in [4.69, 9.17) is 0 Å². The maximum Gasteiger partial charge on any atom is 0.126 e. The first-order chi connectivity index (χ1) is 4.30. The lowest BCUT2D eigenvalue weighted by atomic mass is 10.5. The van der Waals surface area contributed by atoms with E-state index in [2.05, 4.69) is 4.98 Å². The largest absolute Gasteiger partial charge is 0.253 e. The van der Waals surface area contributed by atoms with Gasteiger partial charge in [0.1, 0.15) is 5.03 Å². The van der Waals surface area contributed by atoms with Crippen LogP contribution in [0, 0.1) is 0 Å². The van der Waals surface area contributed by atoms with Crippen molar-refractivity contribution in [2.24, 2.45) is 0 Å². The summed E-state index contributed by atoms with van der Waals surface area (Å²) < 4.78 is 10.7. The van der Waals surface area contributed by atoms with Crippen molar-refractivity contribution >= 4 is 10.8 Å². The molecule has 0 N–H and O–H groups in total. The molecule has 3 heteroatoms. The minimum Gasteiger partial charge on any atom is -0.253 e. The summed E-state index contributed by atoms with van der Waals surface area (Å²) in [6.07, 6.45) is 3.25. The van der Waals surface area contributed by atoms with Gasteiger partial charge in [0, 0.05) is 12.5 Å². The van der Waals surface area contributed by atoms with Gasteiger partial charge in [-0.05, 0) is 12.1 Å². The van der Waals surface area contributed by atoms with Gasteiger partial charge >= 0.3 is 0 Å². The van der Waals surface area contributed by atoms with Gasteiger partial charge in [-0.25, -0.2) is 4.98 Å². The van der Waals surface area contributed by atoms with E-state index < -0.39 is 10.8 Å². The van der Waals surface area contributed by atoms with Gasteiger partial charge in [0.2, 0.25) is 0 Å². The molecule has 0 spiro atoms. The number of aromatic nitrogens is 1. The standard InChI is InChI=1S/C6H7NOS/c1-9(8)6-4-2-3-5-7-6/h2-5H,1H3/t9-/m1/s1. The van der Waals surface area contributed by atoms with Crippen LogP contribution in [0.5, 0.6) is 0 Å².